The number of methoxy groups -OCH3 is 1. The topological polar surface area (TPSA) is 104 Å². The zero-order valence-electron chi connectivity index (χ0n) is 22.2. The van der Waals surface area contributed by atoms with Gasteiger partial charge < -0.3 is 23.9 Å². The summed E-state index contributed by atoms with van der Waals surface area (Å²) >= 11 is 0. The molecule has 0 aliphatic heterocycles. The van der Waals surface area contributed by atoms with E-state index in [1.165, 1.54) is 6.07 Å². The molecular weight excluding hydrogens is 498 g/mol. The van der Waals surface area contributed by atoms with Crippen molar-refractivity contribution in [2.24, 2.45) is 0 Å². The number of aryl methyl sites for hydroxylation is 1. The number of unbranched alkanes of at least 4 members (excludes halogenated alkanes) is 1. The van der Waals surface area contributed by atoms with Crippen molar-refractivity contribution in [1.29, 1.82) is 0 Å². The summed E-state index contributed by atoms with van der Waals surface area (Å²) in [7, 11) is 1.59. The number of amides is 1. The molecule has 0 radical (unpaired) electrons. The number of carbonyl (C=O) groups is 2. The SMILES string of the molecule is CCCCC(NC(=O)OCc1ccccc1)C(=O)Oc1ccc2c(-c3ccc(OC)cc3)cc(=O)oc2c1C. The summed E-state index contributed by atoms with van der Waals surface area (Å²) in [6.07, 6.45) is 1.22. The van der Waals surface area contributed by atoms with Crippen molar-refractivity contribution in [2.45, 2.75) is 45.8 Å². The molecule has 8 nitrogen and oxygen atoms in total. The van der Waals surface area contributed by atoms with E-state index in [2.05, 4.69) is 5.32 Å². The number of hydrogen-bond acceptors (Lipinski definition) is 7. The molecular formula is C31H31NO7. The Kier molecular flexibility index (Phi) is 8.99. The predicted octanol–water partition coefficient (Wildman–Crippen LogP) is 6.17. The van der Waals surface area contributed by atoms with Gasteiger partial charge in [0.2, 0.25) is 0 Å². The maximum atomic E-state index is 13.1. The highest BCUT2D eigenvalue weighted by atomic mass is 16.6. The lowest BCUT2D eigenvalue weighted by atomic mass is 10.00. The normalized spacial score (nSPS) is 11.6. The van der Waals surface area contributed by atoms with Gasteiger partial charge in [0, 0.05) is 17.0 Å². The van der Waals surface area contributed by atoms with Gasteiger partial charge >= 0.3 is 17.7 Å². The molecule has 0 saturated carbocycles. The quantitative estimate of drug-likeness (QED) is 0.149. The molecule has 0 aliphatic rings. The van der Waals surface area contributed by atoms with Crippen molar-refractivity contribution in [2.75, 3.05) is 7.11 Å². The fraction of sp³-hybridized carbons (Fsp3) is 0.258. The second-order valence-electron chi connectivity index (χ2n) is 9.09. The van der Waals surface area contributed by atoms with Crippen molar-refractivity contribution in [3.63, 3.8) is 0 Å². The van der Waals surface area contributed by atoms with E-state index in [1.54, 1.807) is 26.2 Å². The van der Waals surface area contributed by atoms with Crippen LogP contribution < -0.4 is 20.4 Å². The molecule has 4 aromatic rings. The van der Waals surface area contributed by atoms with Crippen molar-refractivity contribution < 1.29 is 28.2 Å². The van der Waals surface area contributed by atoms with Crippen LogP contribution in [-0.2, 0) is 16.1 Å². The van der Waals surface area contributed by atoms with Gasteiger partial charge in [0.05, 0.1) is 7.11 Å². The van der Waals surface area contributed by atoms with Gasteiger partial charge in [-0.2, -0.15) is 0 Å². The maximum absolute atomic E-state index is 13.1. The second-order valence-corrected chi connectivity index (χ2v) is 9.09. The Morgan fingerprint density at radius 2 is 1.74 bits per heavy atom. The summed E-state index contributed by atoms with van der Waals surface area (Å²) in [4.78, 5) is 38.0. The minimum absolute atomic E-state index is 0.0849. The molecule has 0 saturated heterocycles. The van der Waals surface area contributed by atoms with Crippen LogP contribution in [0.2, 0.25) is 0 Å². The van der Waals surface area contributed by atoms with Crippen molar-refractivity contribution in [1.82, 2.24) is 5.32 Å². The monoisotopic (exact) mass is 529 g/mol. The van der Waals surface area contributed by atoms with Crippen LogP contribution in [0.15, 0.2) is 82.0 Å². The number of alkyl carbamates (subject to hydrolysis) is 1. The Morgan fingerprint density at radius 3 is 2.44 bits per heavy atom. The van der Waals surface area contributed by atoms with Gasteiger partial charge in [-0.3, -0.25) is 0 Å². The van der Waals surface area contributed by atoms with Crippen molar-refractivity contribution >= 4 is 23.0 Å². The molecule has 0 bridgehead atoms. The fourth-order valence-corrected chi connectivity index (χ4v) is 4.21. The highest BCUT2D eigenvalue weighted by molar-refractivity contribution is 5.96. The Hall–Kier alpha value is -4.59. The van der Waals surface area contributed by atoms with Gasteiger partial charge in [0.25, 0.3) is 0 Å². The molecule has 1 atom stereocenters. The van der Waals surface area contributed by atoms with E-state index in [9.17, 15) is 14.4 Å². The average molecular weight is 530 g/mol. The molecule has 4 rings (SSSR count). The Labute approximate surface area is 226 Å². The van der Waals surface area contributed by atoms with E-state index in [-0.39, 0.29) is 12.4 Å². The molecule has 1 amide bonds. The van der Waals surface area contributed by atoms with E-state index < -0.39 is 23.7 Å². The van der Waals surface area contributed by atoms with E-state index >= 15 is 0 Å². The van der Waals surface area contributed by atoms with Gasteiger partial charge in [-0.05, 0) is 54.3 Å². The van der Waals surface area contributed by atoms with Crippen LogP contribution in [0.5, 0.6) is 11.5 Å². The number of carbonyl (C=O) groups excluding carboxylic acids is 2. The van der Waals surface area contributed by atoms with Crippen LogP contribution in [0.3, 0.4) is 0 Å². The first-order valence-corrected chi connectivity index (χ1v) is 12.8. The molecule has 0 fully saturated rings. The molecule has 3 aromatic carbocycles. The molecule has 8 heteroatoms. The van der Waals surface area contributed by atoms with Crippen LogP contribution in [0, 0.1) is 6.92 Å². The van der Waals surface area contributed by atoms with E-state index in [1.807, 2.05) is 61.5 Å². The third-order valence-corrected chi connectivity index (χ3v) is 6.36. The smallest absolute Gasteiger partial charge is 0.408 e. The molecule has 202 valence electrons. The largest absolute Gasteiger partial charge is 0.497 e. The Bertz CT molecular complexity index is 1490. The van der Waals surface area contributed by atoms with Gasteiger partial charge in [-0.25, -0.2) is 14.4 Å². The predicted molar refractivity (Wildman–Crippen MR) is 148 cm³/mol. The number of rotatable bonds is 10. The van der Waals surface area contributed by atoms with Crippen LogP contribution in [0.1, 0.15) is 37.3 Å². The molecule has 0 aliphatic carbocycles. The second kappa shape index (κ2) is 12.8. The van der Waals surface area contributed by atoms with Gasteiger partial charge in [-0.15, -0.1) is 0 Å². The van der Waals surface area contributed by atoms with Crippen LogP contribution in [-0.4, -0.2) is 25.2 Å². The first-order chi connectivity index (χ1) is 18.9. The number of esters is 1. The van der Waals surface area contributed by atoms with E-state index in [0.717, 1.165) is 17.5 Å². The summed E-state index contributed by atoms with van der Waals surface area (Å²) in [5.41, 5.74) is 2.63. The lowest BCUT2D eigenvalue weighted by Gasteiger charge is -2.18. The fourth-order valence-electron chi connectivity index (χ4n) is 4.21. The molecule has 1 N–H and O–H groups in total. The molecule has 1 aromatic heterocycles. The number of nitrogens with one attached hydrogen (secondary N) is 1. The standard InChI is InChI=1S/C31H31NO7/c1-4-5-11-26(32-31(35)37-19-21-9-7-6-8-10-21)30(34)38-27-17-16-24-25(18-28(33)39-29(24)20(27)2)22-12-14-23(36-3)15-13-22/h6-10,12-18,26H,4-5,11,19H2,1-3H3,(H,32,35). The Balaban J connectivity index is 1.54. The maximum Gasteiger partial charge on any atom is 0.408 e. The van der Waals surface area contributed by atoms with Crippen molar-refractivity contribution in [3.05, 3.63) is 94.3 Å². The third kappa shape index (κ3) is 6.84. The van der Waals surface area contributed by atoms with Crippen LogP contribution >= 0.6 is 0 Å². The van der Waals surface area contributed by atoms with Crippen LogP contribution in [0.4, 0.5) is 4.79 Å². The van der Waals surface area contributed by atoms with Crippen molar-refractivity contribution in [3.8, 4) is 22.6 Å². The van der Waals surface area contributed by atoms with Crippen LogP contribution in [0.25, 0.3) is 22.1 Å². The summed E-state index contributed by atoms with van der Waals surface area (Å²) < 4.78 is 21.7. The van der Waals surface area contributed by atoms with E-state index in [4.69, 9.17) is 18.6 Å². The lowest BCUT2D eigenvalue weighted by molar-refractivity contribution is -0.136. The summed E-state index contributed by atoms with van der Waals surface area (Å²) in [5, 5.41) is 3.32. The first kappa shape index (κ1) is 27.4. The molecule has 39 heavy (non-hydrogen) atoms. The number of fused-ring (bicyclic) bond motifs is 1. The summed E-state index contributed by atoms with van der Waals surface area (Å²) in [6, 6.07) is 20.5. The van der Waals surface area contributed by atoms with Gasteiger partial charge in [0.15, 0.2) is 0 Å². The summed E-state index contributed by atoms with van der Waals surface area (Å²) in [5.74, 6) is 0.311. The van der Waals surface area contributed by atoms with Gasteiger partial charge in [0.1, 0.15) is 29.7 Å². The average Bonchev–Trinajstić information content (AvgIpc) is 2.96. The lowest BCUT2D eigenvalue weighted by Crippen LogP contribution is -2.43. The number of ether oxygens (including phenoxy) is 3. The highest BCUT2D eigenvalue weighted by Gasteiger charge is 2.25. The Morgan fingerprint density at radius 1 is 1.00 bits per heavy atom. The summed E-state index contributed by atoms with van der Waals surface area (Å²) in [6.45, 7) is 3.79. The highest BCUT2D eigenvalue weighted by Crippen LogP contribution is 2.34. The minimum Gasteiger partial charge on any atom is -0.497 e. The molecule has 1 unspecified atom stereocenters. The number of hydrogen-bond donors (Lipinski definition) is 1. The zero-order valence-corrected chi connectivity index (χ0v) is 22.2. The zero-order chi connectivity index (χ0) is 27.8. The minimum atomic E-state index is -0.902. The van der Waals surface area contributed by atoms with E-state index in [0.29, 0.717) is 40.7 Å². The molecule has 1 heterocycles. The molecule has 0 spiro atoms. The first-order valence-electron chi connectivity index (χ1n) is 12.8. The number of benzene rings is 3. The van der Waals surface area contributed by atoms with Gasteiger partial charge in [-0.1, -0.05) is 62.2 Å². The third-order valence-electron chi connectivity index (χ3n) is 6.36.